The quantitative estimate of drug-likeness (QED) is 0.0195. The van der Waals surface area contributed by atoms with Gasteiger partial charge in [0.05, 0.1) is 12.7 Å². The largest absolute Gasteiger partial charge is 0.469 e. The molecule has 0 fully saturated rings. The molecule has 0 amide bonds. The fraction of sp³-hybridized carbons (Fsp3) is 0.744. The molecule has 49 heavy (non-hydrogen) atoms. The highest BCUT2D eigenvalue weighted by molar-refractivity contribution is 7.46. The zero-order valence-electron chi connectivity index (χ0n) is 30.7. The van der Waals surface area contributed by atoms with Crippen LogP contribution in [-0.4, -0.2) is 52.3 Å². The van der Waals surface area contributed by atoms with Crippen molar-refractivity contribution >= 4 is 19.8 Å². The normalized spacial score (nSPS) is 13.7. The van der Waals surface area contributed by atoms with Gasteiger partial charge < -0.3 is 24.4 Å². The Morgan fingerprint density at radius 1 is 0.633 bits per heavy atom. The predicted octanol–water partition coefficient (Wildman–Crippen LogP) is 10.1. The first-order chi connectivity index (χ1) is 23.7. The van der Waals surface area contributed by atoms with Crippen LogP contribution in [0.15, 0.2) is 48.6 Å². The molecule has 0 spiro atoms. The van der Waals surface area contributed by atoms with Crippen molar-refractivity contribution in [2.24, 2.45) is 0 Å². The summed E-state index contributed by atoms with van der Waals surface area (Å²) in [5, 5.41) is 10.2. The summed E-state index contributed by atoms with van der Waals surface area (Å²) in [5.74, 6) is -1.09. The summed E-state index contributed by atoms with van der Waals surface area (Å²) >= 11 is 0. The van der Waals surface area contributed by atoms with Crippen molar-refractivity contribution < 1.29 is 43.0 Å². The first-order valence-corrected chi connectivity index (χ1v) is 20.6. The maximum Gasteiger partial charge on any atom is 0.469 e. The molecule has 0 unspecified atom stereocenters. The van der Waals surface area contributed by atoms with Crippen molar-refractivity contribution in [2.75, 3.05) is 13.2 Å². The van der Waals surface area contributed by atoms with Gasteiger partial charge in [-0.1, -0.05) is 152 Å². The van der Waals surface area contributed by atoms with E-state index in [1.54, 1.807) is 12.2 Å². The van der Waals surface area contributed by atoms with Crippen molar-refractivity contribution in [3.63, 3.8) is 0 Å². The van der Waals surface area contributed by atoms with Gasteiger partial charge in [0, 0.05) is 12.8 Å². The second kappa shape index (κ2) is 34.4. The van der Waals surface area contributed by atoms with Crippen molar-refractivity contribution in [2.45, 2.75) is 174 Å². The molecule has 2 atom stereocenters. The average molecular weight is 713 g/mol. The molecule has 9 nitrogen and oxygen atoms in total. The van der Waals surface area contributed by atoms with Gasteiger partial charge in [-0.25, -0.2) is 4.57 Å². The minimum Gasteiger partial charge on any atom is -0.462 e. The number of esters is 2. The number of hydrogen-bond acceptors (Lipinski definition) is 7. The third kappa shape index (κ3) is 37.1. The number of aliphatic hydroxyl groups is 1. The Hall–Kier alpha value is -2.03. The zero-order valence-corrected chi connectivity index (χ0v) is 31.6. The zero-order chi connectivity index (χ0) is 36.3. The monoisotopic (exact) mass is 712 g/mol. The highest BCUT2D eigenvalue weighted by Crippen LogP contribution is 2.36. The third-order valence-corrected chi connectivity index (χ3v) is 8.44. The van der Waals surface area contributed by atoms with Gasteiger partial charge in [-0.3, -0.25) is 14.1 Å². The number of phosphoric acid groups is 1. The summed E-state index contributed by atoms with van der Waals surface area (Å²) in [6, 6.07) is 0. The lowest BCUT2D eigenvalue weighted by Gasteiger charge is -2.18. The number of unbranched alkanes of at least 4 members (excludes halogenated alkanes) is 15. The fourth-order valence-corrected chi connectivity index (χ4v) is 5.42. The van der Waals surface area contributed by atoms with Crippen molar-refractivity contribution in [3.05, 3.63) is 48.6 Å². The maximum atomic E-state index is 12.3. The van der Waals surface area contributed by atoms with Gasteiger partial charge in [0.25, 0.3) is 0 Å². The van der Waals surface area contributed by atoms with E-state index >= 15 is 0 Å². The number of phosphoric ester groups is 1. The minimum atomic E-state index is -4.79. The molecule has 0 bridgehead atoms. The minimum absolute atomic E-state index is 0.0392. The first-order valence-electron chi connectivity index (χ1n) is 19.0. The lowest BCUT2D eigenvalue weighted by molar-refractivity contribution is -0.161. The molecule has 3 N–H and O–H groups in total. The van der Waals surface area contributed by atoms with E-state index in [4.69, 9.17) is 19.3 Å². The molecule has 0 aromatic rings. The number of allylic oxidation sites excluding steroid dienone is 7. The predicted molar refractivity (Wildman–Crippen MR) is 199 cm³/mol. The van der Waals surface area contributed by atoms with Crippen molar-refractivity contribution in [1.82, 2.24) is 0 Å². The Bertz CT molecular complexity index is 954. The molecule has 284 valence electrons. The fourth-order valence-electron chi connectivity index (χ4n) is 5.06. The van der Waals surface area contributed by atoms with Gasteiger partial charge >= 0.3 is 19.8 Å². The van der Waals surface area contributed by atoms with E-state index in [2.05, 4.69) is 42.7 Å². The number of carbonyl (C=O) groups is 2. The van der Waals surface area contributed by atoms with Gasteiger partial charge in [0.15, 0.2) is 6.10 Å². The van der Waals surface area contributed by atoms with E-state index in [-0.39, 0.29) is 19.4 Å². The summed E-state index contributed by atoms with van der Waals surface area (Å²) in [7, 11) is -4.79. The molecule has 0 aliphatic carbocycles. The number of aliphatic hydroxyl groups excluding tert-OH is 1. The number of hydrogen-bond donors (Lipinski definition) is 3. The van der Waals surface area contributed by atoms with E-state index in [9.17, 15) is 19.3 Å². The van der Waals surface area contributed by atoms with Crippen LogP contribution in [0.4, 0.5) is 0 Å². The smallest absolute Gasteiger partial charge is 0.462 e. The van der Waals surface area contributed by atoms with Gasteiger partial charge in [-0.2, -0.15) is 0 Å². The molecule has 0 aliphatic heterocycles. The summed E-state index contributed by atoms with van der Waals surface area (Å²) in [5.41, 5.74) is 0. The first kappa shape index (κ1) is 47.0. The summed E-state index contributed by atoms with van der Waals surface area (Å²) in [4.78, 5) is 42.7. The lowest BCUT2D eigenvalue weighted by Crippen LogP contribution is -2.29. The molecule has 0 aromatic heterocycles. The van der Waals surface area contributed by atoms with Gasteiger partial charge in [-0.05, 0) is 44.9 Å². The molecule has 0 saturated carbocycles. The molecule has 0 rings (SSSR count). The summed E-state index contributed by atoms with van der Waals surface area (Å²) in [6.45, 7) is 3.47. The maximum absolute atomic E-state index is 12.3. The summed E-state index contributed by atoms with van der Waals surface area (Å²) in [6.07, 6.45) is 37.2. The van der Waals surface area contributed by atoms with Crippen LogP contribution in [0.2, 0.25) is 0 Å². The van der Waals surface area contributed by atoms with E-state index < -0.39 is 38.6 Å². The van der Waals surface area contributed by atoms with Crippen LogP contribution in [0.3, 0.4) is 0 Å². The van der Waals surface area contributed by atoms with Gasteiger partial charge in [0.1, 0.15) is 6.61 Å². The van der Waals surface area contributed by atoms with E-state index in [1.807, 2.05) is 12.2 Å². The topological polar surface area (TPSA) is 140 Å². The van der Waals surface area contributed by atoms with Gasteiger partial charge in [0.2, 0.25) is 0 Å². The van der Waals surface area contributed by atoms with Crippen LogP contribution >= 0.6 is 7.82 Å². The molecule has 0 aliphatic rings. The Labute approximate surface area is 297 Å². The summed E-state index contributed by atoms with van der Waals surface area (Å²) < 4.78 is 26.2. The molecule has 10 heteroatoms. The Balaban J connectivity index is 4.17. The van der Waals surface area contributed by atoms with Crippen LogP contribution in [0, 0.1) is 0 Å². The Morgan fingerprint density at radius 3 is 1.78 bits per heavy atom. The number of carbonyl (C=O) groups excluding carboxylic acids is 2. The van der Waals surface area contributed by atoms with Crippen molar-refractivity contribution in [1.29, 1.82) is 0 Å². The van der Waals surface area contributed by atoms with E-state index in [0.29, 0.717) is 19.3 Å². The lowest BCUT2D eigenvalue weighted by atomic mass is 10.0. The van der Waals surface area contributed by atoms with Crippen LogP contribution in [0.25, 0.3) is 0 Å². The molecule has 0 heterocycles. The van der Waals surface area contributed by atoms with E-state index in [1.165, 1.54) is 77.0 Å². The standard InChI is InChI=1S/C39H69O9P/c1-3-5-7-9-11-13-15-17-19-21-23-25-27-30-36(40)31-29-33-38(41)46-34-37(35-47-49(43,44)45)48-39(42)32-28-26-24-22-20-18-16-14-12-10-8-6-4-2/h11,13,17,19,23,25,27,30,36-37,40H,3-10,12,14-16,18,20-22,24,26,28-29,31-35H2,1-2H3,(H2,43,44,45)/b13-11-,19-17-,25-23-,30-27+/t36-,37-/m1/s1. The van der Waals surface area contributed by atoms with Crippen LogP contribution < -0.4 is 0 Å². The second-order valence-electron chi connectivity index (χ2n) is 12.8. The Morgan fingerprint density at radius 2 is 1.16 bits per heavy atom. The molecule has 0 radical (unpaired) electrons. The highest BCUT2D eigenvalue weighted by Gasteiger charge is 2.23. The van der Waals surface area contributed by atoms with E-state index in [0.717, 1.165) is 38.5 Å². The molecule has 0 saturated heterocycles. The molecular weight excluding hydrogens is 643 g/mol. The van der Waals surface area contributed by atoms with Crippen LogP contribution in [0.5, 0.6) is 0 Å². The van der Waals surface area contributed by atoms with Crippen LogP contribution in [0.1, 0.15) is 162 Å². The average Bonchev–Trinajstić information content (AvgIpc) is 3.06. The van der Waals surface area contributed by atoms with Crippen molar-refractivity contribution in [3.8, 4) is 0 Å². The second-order valence-corrected chi connectivity index (χ2v) is 14.0. The number of rotatable bonds is 34. The highest BCUT2D eigenvalue weighted by atomic mass is 31.2. The Kier molecular flexibility index (Phi) is 33.0. The SMILES string of the molecule is CCCCC/C=C\C/C=C\C/C=C\C=C\[C@@H](O)CCCC(=O)OC[C@H](COP(=O)(O)O)OC(=O)CCCCCCCCCCCCCCC. The third-order valence-electron chi connectivity index (χ3n) is 7.95. The molecule has 0 aromatic carbocycles. The number of ether oxygens (including phenoxy) is 2. The molecular formula is C39H69O9P. The van der Waals surface area contributed by atoms with Gasteiger partial charge in [-0.15, -0.1) is 0 Å². The van der Waals surface area contributed by atoms with Crippen LogP contribution in [-0.2, 0) is 28.2 Å².